The van der Waals surface area contributed by atoms with E-state index in [2.05, 4.69) is 15.3 Å². The van der Waals surface area contributed by atoms with E-state index in [1.165, 1.54) is 24.9 Å². The molecule has 0 atom stereocenters. The number of ether oxygens (including phenoxy) is 1. The van der Waals surface area contributed by atoms with E-state index in [-0.39, 0.29) is 16.7 Å². The van der Waals surface area contributed by atoms with E-state index >= 15 is 0 Å². The number of nitrogens with one attached hydrogen (secondary N) is 2. The molecule has 0 spiro atoms. The van der Waals surface area contributed by atoms with Crippen molar-refractivity contribution in [1.82, 2.24) is 14.7 Å². The summed E-state index contributed by atoms with van der Waals surface area (Å²) >= 11 is 1.37. The lowest BCUT2D eigenvalue weighted by Gasteiger charge is -2.11. The zero-order valence-electron chi connectivity index (χ0n) is 13.9. The highest BCUT2D eigenvalue weighted by atomic mass is 32.2. The predicted octanol–water partition coefficient (Wildman–Crippen LogP) is 2.42. The van der Waals surface area contributed by atoms with Crippen molar-refractivity contribution in [1.29, 1.82) is 0 Å². The standard InChI is InChI=1S/C15H18N4O4S2/c1-4-24-11-7-5-6-8-12(11)25(21,22)19-15(20)18-14-16-10(2)9-13(17-14)23-3/h5-9H,4H2,1-3H3,(H2,16,17,18,19,20). The topological polar surface area (TPSA) is 110 Å². The molecule has 0 saturated heterocycles. The fraction of sp³-hybridized carbons (Fsp3) is 0.267. The Bertz CT molecular complexity index is 872. The van der Waals surface area contributed by atoms with Crippen LogP contribution in [0.5, 0.6) is 5.88 Å². The largest absolute Gasteiger partial charge is 0.481 e. The Labute approximate surface area is 150 Å². The van der Waals surface area contributed by atoms with Crippen LogP contribution in [-0.2, 0) is 10.0 Å². The van der Waals surface area contributed by atoms with Crippen LogP contribution in [-0.4, -0.2) is 37.3 Å². The molecular weight excluding hydrogens is 364 g/mol. The molecule has 10 heteroatoms. The van der Waals surface area contributed by atoms with Crippen molar-refractivity contribution in [3.8, 4) is 5.88 Å². The molecule has 0 aliphatic rings. The number of sulfonamides is 1. The Morgan fingerprint density at radius 2 is 2.00 bits per heavy atom. The zero-order valence-corrected chi connectivity index (χ0v) is 15.6. The number of urea groups is 1. The molecule has 0 unspecified atom stereocenters. The molecule has 1 aromatic carbocycles. The monoisotopic (exact) mass is 382 g/mol. The van der Waals surface area contributed by atoms with Crippen LogP contribution >= 0.6 is 11.8 Å². The SMILES string of the molecule is CCSc1ccccc1S(=O)(=O)NC(=O)Nc1nc(C)cc(OC)n1. The van der Waals surface area contributed by atoms with E-state index in [4.69, 9.17) is 4.74 Å². The molecule has 0 aliphatic carbocycles. The Kier molecular flexibility index (Phi) is 6.21. The van der Waals surface area contributed by atoms with Crippen LogP contribution in [0.2, 0.25) is 0 Å². The van der Waals surface area contributed by atoms with Gasteiger partial charge >= 0.3 is 6.03 Å². The van der Waals surface area contributed by atoms with Crippen molar-refractivity contribution in [3.05, 3.63) is 36.0 Å². The highest BCUT2D eigenvalue weighted by molar-refractivity contribution is 8.00. The van der Waals surface area contributed by atoms with Gasteiger partial charge in [-0.15, -0.1) is 11.8 Å². The van der Waals surface area contributed by atoms with Gasteiger partial charge in [0.25, 0.3) is 10.0 Å². The van der Waals surface area contributed by atoms with Crippen molar-refractivity contribution >= 4 is 33.8 Å². The summed E-state index contributed by atoms with van der Waals surface area (Å²) in [5.74, 6) is 0.909. The molecule has 134 valence electrons. The maximum absolute atomic E-state index is 12.5. The van der Waals surface area contributed by atoms with E-state index in [9.17, 15) is 13.2 Å². The quantitative estimate of drug-likeness (QED) is 0.738. The van der Waals surface area contributed by atoms with Crippen LogP contribution in [0.25, 0.3) is 0 Å². The predicted molar refractivity (Wildman–Crippen MR) is 95.5 cm³/mol. The number of carbonyl (C=O) groups excluding carboxylic acids is 1. The fourth-order valence-corrected chi connectivity index (χ4v) is 4.15. The normalized spacial score (nSPS) is 11.0. The first kappa shape index (κ1) is 19.0. The van der Waals surface area contributed by atoms with Gasteiger partial charge in [-0.2, -0.15) is 4.98 Å². The van der Waals surface area contributed by atoms with E-state index in [1.807, 2.05) is 11.6 Å². The molecule has 8 nitrogen and oxygen atoms in total. The second kappa shape index (κ2) is 8.17. The molecule has 2 N–H and O–H groups in total. The van der Waals surface area contributed by atoms with Crippen LogP contribution in [0.3, 0.4) is 0 Å². The third kappa shape index (κ3) is 5.07. The third-order valence-corrected chi connectivity index (χ3v) is 5.40. The van der Waals surface area contributed by atoms with Crippen molar-refractivity contribution in [2.45, 2.75) is 23.6 Å². The van der Waals surface area contributed by atoms with Crippen molar-refractivity contribution in [2.75, 3.05) is 18.2 Å². The number of amides is 2. The lowest BCUT2D eigenvalue weighted by Crippen LogP contribution is -2.35. The van der Waals surface area contributed by atoms with Gasteiger partial charge in [0, 0.05) is 16.7 Å². The minimum atomic E-state index is -4.03. The molecular formula is C15H18N4O4S2. The van der Waals surface area contributed by atoms with Gasteiger partial charge in [0.1, 0.15) is 4.90 Å². The molecule has 0 radical (unpaired) electrons. The molecule has 0 bridgehead atoms. The highest BCUT2D eigenvalue weighted by Crippen LogP contribution is 2.25. The number of carbonyl (C=O) groups is 1. The summed E-state index contributed by atoms with van der Waals surface area (Å²) in [7, 11) is -2.60. The van der Waals surface area contributed by atoms with Gasteiger partial charge < -0.3 is 4.74 Å². The van der Waals surface area contributed by atoms with Gasteiger partial charge in [0.05, 0.1) is 7.11 Å². The van der Waals surface area contributed by atoms with Crippen LogP contribution in [0.1, 0.15) is 12.6 Å². The highest BCUT2D eigenvalue weighted by Gasteiger charge is 2.21. The average Bonchev–Trinajstić information content (AvgIpc) is 2.54. The van der Waals surface area contributed by atoms with Crippen LogP contribution in [0.15, 0.2) is 40.1 Å². The molecule has 25 heavy (non-hydrogen) atoms. The molecule has 2 amide bonds. The van der Waals surface area contributed by atoms with Gasteiger partial charge in [-0.1, -0.05) is 19.1 Å². The molecule has 0 saturated carbocycles. The van der Waals surface area contributed by atoms with Gasteiger partial charge in [-0.25, -0.2) is 22.9 Å². The molecule has 2 aromatic rings. The number of hydrogen-bond acceptors (Lipinski definition) is 7. The first-order valence-corrected chi connectivity index (χ1v) is 9.78. The van der Waals surface area contributed by atoms with E-state index < -0.39 is 16.1 Å². The molecule has 2 rings (SSSR count). The van der Waals surface area contributed by atoms with Crippen LogP contribution in [0, 0.1) is 6.92 Å². The molecule has 0 aliphatic heterocycles. The molecule has 0 fully saturated rings. The first-order valence-electron chi connectivity index (χ1n) is 7.31. The number of anilines is 1. The summed E-state index contributed by atoms with van der Waals surface area (Å²) in [6, 6.07) is 7.10. The molecule has 1 heterocycles. The smallest absolute Gasteiger partial charge is 0.335 e. The molecule has 1 aromatic heterocycles. The van der Waals surface area contributed by atoms with Gasteiger partial charge in [0.15, 0.2) is 0 Å². The zero-order chi connectivity index (χ0) is 18.4. The lowest BCUT2D eigenvalue weighted by atomic mass is 10.4. The van der Waals surface area contributed by atoms with Gasteiger partial charge in [0.2, 0.25) is 11.8 Å². The number of hydrogen-bond donors (Lipinski definition) is 2. The number of aryl methyl sites for hydroxylation is 1. The van der Waals surface area contributed by atoms with E-state index in [0.717, 1.165) is 0 Å². The Morgan fingerprint density at radius 3 is 2.68 bits per heavy atom. The number of rotatable bonds is 6. The summed E-state index contributed by atoms with van der Waals surface area (Å²) in [6.45, 7) is 3.61. The Morgan fingerprint density at radius 1 is 1.28 bits per heavy atom. The summed E-state index contributed by atoms with van der Waals surface area (Å²) in [4.78, 5) is 20.6. The second-order valence-electron chi connectivity index (χ2n) is 4.81. The van der Waals surface area contributed by atoms with Crippen LogP contribution < -0.4 is 14.8 Å². The minimum absolute atomic E-state index is 0.0414. The van der Waals surface area contributed by atoms with E-state index in [1.54, 1.807) is 31.2 Å². The third-order valence-electron chi connectivity index (χ3n) is 2.93. The van der Waals surface area contributed by atoms with Crippen molar-refractivity contribution < 1.29 is 17.9 Å². The summed E-state index contributed by atoms with van der Waals surface area (Å²) < 4.78 is 31.9. The summed E-state index contributed by atoms with van der Waals surface area (Å²) in [5, 5.41) is 2.30. The lowest BCUT2D eigenvalue weighted by molar-refractivity contribution is 0.256. The maximum Gasteiger partial charge on any atom is 0.335 e. The number of aromatic nitrogens is 2. The summed E-state index contributed by atoms with van der Waals surface area (Å²) in [6.07, 6.45) is 0. The van der Waals surface area contributed by atoms with Crippen molar-refractivity contribution in [2.24, 2.45) is 0 Å². The first-order chi connectivity index (χ1) is 11.9. The summed E-state index contributed by atoms with van der Waals surface area (Å²) in [5.41, 5.74) is 0.565. The Balaban J connectivity index is 2.18. The average molecular weight is 382 g/mol. The number of benzene rings is 1. The van der Waals surface area contributed by atoms with Gasteiger partial charge in [-0.05, 0) is 24.8 Å². The van der Waals surface area contributed by atoms with Gasteiger partial charge in [-0.3, -0.25) is 5.32 Å². The minimum Gasteiger partial charge on any atom is -0.481 e. The number of nitrogens with zero attached hydrogens (tertiary/aromatic N) is 2. The fourth-order valence-electron chi connectivity index (χ4n) is 1.95. The maximum atomic E-state index is 12.5. The second-order valence-corrected chi connectivity index (χ2v) is 7.77. The van der Waals surface area contributed by atoms with Crippen LogP contribution in [0.4, 0.5) is 10.7 Å². The number of thioether (sulfide) groups is 1. The van der Waals surface area contributed by atoms with E-state index in [0.29, 0.717) is 16.3 Å². The number of methoxy groups -OCH3 is 1. The Hall–Kier alpha value is -2.33. The van der Waals surface area contributed by atoms with Crippen molar-refractivity contribution in [3.63, 3.8) is 0 Å².